The Bertz CT molecular complexity index is 2570. The quantitative estimate of drug-likeness (QED) is 0.0533. The largest absolute Gasteiger partial charge is 1.00 e. The van der Waals surface area contributed by atoms with E-state index >= 15 is 0 Å². The molecule has 2 fully saturated rings. The van der Waals surface area contributed by atoms with Crippen molar-refractivity contribution in [1.82, 2.24) is 15.1 Å². The molecule has 77 heavy (non-hydrogen) atoms. The van der Waals surface area contributed by atoms with Crippen LogP contribution in [-0.4, -0.2) is 141 Å². The number of aliphatic hydroxyl groups excluding tert-OH is 3. The van der Waals surface area contributed by atoms with E-state index in [1.807, 2.05) is 182 Å². The van der Waals surface area contributed by atoms with E-state index in [0.29, 0.717) is 19.4 Å². The monoisotopic (exact) mass is 1050 g/mol. The molecule has 2 heterocycles. The van der Waals surface area contributed by atoms with Gasteiger partial charge >= 0.3 is 41.5 Å². The predicted octanol–water partition coefficient (Wildman–Crippen LogP) is 2.19. The molecular formula is C60H68BN5NaO10. The smallest absolute Gasteiger partial charge is 0.512 e. The molecule has 6 aromatic carbocycles. The maximum Gasteiger partial charge on any atom is 1.00 e. The van der Waals surface area contributed by atoms with E-state index in [9.17, 15) is 29.1 Å². The molecule has 0 saturated carbocycles. The second-order valence-corrected chi connectivity index (χ2v) is 17.6. The first-order valence-electron chi connectivity index (χ1n) is 24.5. The molecule has 2 amide bonds. The molecule has 2 saturated heterocycles. The number of hydrogen-bond donors (Lipinski definition) is 5. The Morgan fingerprint density at radius 3 is 1.31 bits per heavy atom. The van der Waals surface area contributed by atoms with Crippen LogP contribution < -0.4 is 40.6 Å². The fourth-order valence-corrected chi connectivity index (χ4v) is 9.09. The van der Waals surface area contributed by atoms with E-state index in [-0.39, 0.29) is 99.9 Å². The van der Waals surface area contributed by atoms with Gasteiger partial charge in [-0.1, -0.05) is 182 Å². The van der Waals surface area contributed by atoms with Crippen molar-refractivity contribution in [3.8, 4) is 0 Å². The van der Waals surface area contributed by atoms with Gasteiger partial charge in [0.15, 0.2) is 5.78 Å². The standard InChI is InChI=1S/C29H32N2O4.C20H19NO4.C9H13NO.CN.CH4O.B.Na/c1-35-29(34)26-18-24(30-25(20-32)17-21-11-5-2-6-12-21)19-31(26)28(33)27(22-13-7-3-8-14-22)23-15-9-4-10-16-23;1-25-20(24)17-12-16(22)13-21(17)19(23)18(14-8-4-2-5-9-14)15-10-6-3-7-11-15;10-9(7-11)6-8-4-2-1-3-5-8;2*1-2;;/h2-16,24-27,30,32H,17-20H2,1H3;2-11,17-18H,12-13H2,1H3;1-5,9,11H,6-7,10H2;;2H,1H3;;/q;;;-1;;;+1/t24-,25-,26-;17-;9-;;;;/m000..../s1. The fourth-order valence-electron chi connectivity index (χ4n) is 9.09. The predicted molar refractivity (Wildman–Crippen MR) is 291 cm³/mol. The average Bonchev–Trinajstić information content (AvgIpc) is 4.09. The van der Waals surface area contributed by atoms with Crippen LogP contribution in [0.3, 0.4) is 0 Å². The number of esters is 2. The molecule has 0 unspecified atom stereocenters. The fraction of sp³-hybridized carbons (Fsp3) is 0.300. The van der Waals surface area contributed by atoms with Crippen LogP contribution in [0.15, 0.2) is 182 Å². The number of carbonyl (C=O) groups excluding carboxylic acids is 5. The normalized spacial score (nSPS) is 15.8. The van der Waals surface area contributed by atoms with Crippen molar-refractivity contribution in [2.75, 3.05) is 47.6 Å². The van der Waals surface area contributed by atoms with Gasteiger partial charge in [-0.15, -0.1) is 0 Å². The zero-order valence-corrected chi connectivity index (χ0v) is 46.2. The molecule has 397 valence electrons. The first kappa shape index (κ1) is 66.3. The molecule has 5 atom stereocenters. The second-order valence-electron chi connectivity index (χ2n) is 17.6. The Hall–Kier alpha value is -6.78. The summed E-state index contributed by atoms with van der Waals surface area (Å²) in [6.45, 7) is 5.06. The van der Waals surface area contributed by atoms with Crippen molar-refractivity contribution in [3.63, 3.8) is 0 Å². The van der Waals surface area contributed by atoms with Crippen LogP contribution in [0.1, 0.15) is 58.1 Å². The zero-order chi connectivity index (χ0) is 54.5. The molecular weight excluding hydrogens is 984 g/mol. The molecule has 0 aromatic heterocycles. The van der Waals surface area contributed by atoms with Crippen molar-refractivity contribution in [2.45, 2.75) is 67.7 Å². The van der Waals surface area contributed by atoms with E-state index in [0.717, 1.165) is 41.3 Å². The van der Waals surface area contributed by atoms with E-state index in [1.165, 1.54) is 24.7 Å². The summed E-state index contributed by atoms with van der Waals surface area (Å²) in [5.74, 6) is -2.61. The van der Waals surface area contributed by atoms with Gasteiger partial charge in [-0.2, -0.15) is 0 Å². The third-order valence-electron chi connectivity index (χ3n) is 12.6. The Kier molecular flexibility index (Phi) is 31.3. The van der Waals surface area contributed by atoms with E-state index < -0.39 is 35.9 Å². The van der Waals surface area contributed by atoms with Crippen molar-refractivity contribution in [2.24, 2.45) is 5.73 Å². The van der Waals surface area contributed by atoms with Crippen molar-refractivity contribution < 1.29 is 78.3 Å². The maximum absolute atomic E-state index is 14.0. The summed E-state index contributed by atoms with van der Waals surface area (Å²) in [6, 6.07) is 55.9. The summed E-state index contributed by atoms with van der Waals surface area (Å²) < 4.78 is 9.84. The van der Waals surface area contributed by atoms with Gasteiger partial charge in [-0.05, 0) is 52.6 Å². The van der Waals surface area contributed by atoms with Gasteiger partial charge in [0.05, 0.1) is 45.8 Å². The topological polar surface area (TPSA) is 233 Å². The Balaban J connectivity index is 0.000000421. The van der Waals surface area contributed by atoms with Crippen molar-refractivity contribution >= 4 is 37.9 Å². The molecule has 3 radical (unpaired) electrons. The second kappa shape index (κ2) is 36.3. The van der Waals surface area contributed by atoms with Crippen molar-refractivity contribution in [1.29, 1.82) is 5.26 Å². The Morgan fingerprint density at radius 2 is 0.948 bits per heavy atom. The number of amides is 2. The molecule has 0 aliphatic carbocycles. The number of rotatable bonds is 16. The molecule has 0 bridgehead atoms. The summed E-state index contributed by atoms with van der Waals surface area (Å²) in [7, 11) is 3.61. The summed E-state index contributed by atoms with van der Waals surface area (Å²) >= 11 is 0. The molecule has 0 spiro atoms. The van der Waals surface area contributed by atoms with E-state index in [1.54, 1.807) is 4.90 Å². The van der Waals surface area contributed by atoms with Gasteiger partial charge in [-0.3, -0.25) is 14.4 Å². The Morgan fingerprint density at radius 1 is 0.597 bits per heavy atom. The molecule has 6 N–H and O–H groups in total. The minimum absolute atomic E-state index is 0. The van der Waals surface area contributed by atoms with Crippen LogP contribution in [0.5, 0.6) is 0 Å². The number of nitrogens with two attached hydrogens (primary N) is 1. The summed E-state index contributed by atoms with van der Waals surface area (Å²) in [4.78, 5) is 66.9. The number of carbonyl (C=O) groups is 5. The zero-order valence-electron chi connectivity index (χ0n) is 44.2. The number of ether oxygens (including phenoxy) is 2. The van der Waals surface area contributed by atoms with Crippen molar-refractivity contribution in [3.05, 3.63) is 222 Å². The van der Waals surface area contributed by atoms with E-state index in [2.05, 4.69) is 5.32 Å². The number of hydrogen-bond acceptors (Lipinski definition) is 13. The number of likely N-dealkylation sites (tertiary alicyclic amines) is 2. The van der Waals surface area contributed by atoms with Crippen LogP contribution in [0.4, 0.5) is 0 Å². The van der Waals surface area contributed by atoms with Crippen LogP contribution in [0.2, 0.25) is 0 Å². The molecule has 2 aliphatic rings. The van der Waals surface area contributed by atoms with Crippen LogP contribution in [-0.2, 0) is 46.3 Å². The SMILES string of the molecule is CO.COC(=O)[C@@H]1CC(=O)CN1C(=O)C(c1ccccc1)c1ccccc1.COC(=O)[C@@H]1C[C@H](N[C@H](CO)Cc2ccccc2)CN1C(=O)C(c1ccccc1)c1ccccc1.N[C@H](CO)Cc1ccccc1.[B].[C-]#N.[Na+]. The van der Waals surface area contributed by atoms with Gasteiger partial charge in [0.1, 0.15) is 12.1 Å². The number of ketones is 1. The molecule has 15 nitrogen and oxygen atoms in total. The molecule has 8 rings (SSSR count). The third-order valence-corrected chi connectivity index (χ3v) is 12.6. The van der Waals surface area contributed by atoms with Gasteiger partial charge in [-0.25, -0.2) is 9.59 Å². The number of nitrogens with one attached hydrogen (secondary N) is 1. The van der Waals surface area contributed by atoms with Gasteiger partial charge < -0.3 is 57.5 Å². The number of aliphatic hydroxyl groups is 3. The maximum atomic E-state index is 14.0. The first-order chi connectivity index (χ1) is 36.5. The van der Waals surface area contributed by atoms with Gasteiger partial charge in [0, 0.05) is 46.6 Å². The summed E-state index contributed by atoms with van der Waals surface area (Å²) in [6.07, 6.45) is 1.84. The Labute approximate surface area is 476 Å². The van der Waals surface area contributed by atoms with Gasteiger partial charge in [0.25, 0.3) is 0 Å². The minimum atomic E-state index is -0.847. The van der Waals surface area contributed by atoms with Gasteiger partial charge in [0.2, 0.25) is 11.8 Å². The number of nitrogens with zero attached hydrogens (tertiary/aromatic N) is 3. The molecule has 17 heteroatoms. The molecule has 6 aromatic rings. The van der Waals surface area contributed by atoms with Crippen LogP contribution in [0, 0.1) is 11.8 Å². The molecule has 2 aliphatic heterocycles. The van der Waals surface area contributed by atoms with Crippen LogP contribution in [0.25, 0.3) is 0 Å². The minimum Gasteiger partial charge on any atom is -0.512 e. The third kappa shape index (κ3) is 19.9. The summed E-state index contributed by atoms with van der Waals surface area (Å²) in [5, 5.41) is 35.4. The van der Waals surface area contributed by atoms with Crippen LogP contribution >= 0.6 is 0 Å². The summed E-state index contributed by atoms with van der Waals surface area (Å²) in [5.41, 5.74) is 11.2. The number of methoxy groups -OCH3 is 2. The first-order valence-corrected chi connectivity index (χ1v) is 24.5. The average molecular weight is 1050 g/mol. The number of Topliss-reactive ketones (excluding diaryl/α,β-unsaturated/α-hetero) is 1. The van der Waals surface area contributed by atoms with E-state index in [4.69, 9.17) is 37.3 Å². The number of benzene rings is 6.